The molecule has 0 unspecified atom stereocenters. The summed E-state index contributed by atoms with van der Waals surface area (Å²) < 4.78 is 0. The first kappa shape index (κ1) is 17.8. The number of rotatable bonds is 6. The molecule has 0 radical (unpaired) electrons. The Balaban J connectivity index is 1.43. The van der Waals surface area contributed by atoms with Gasteiger partial charge in [-0.05, 0) is 36.9 Å². The fourth-order valence-corrected chi connectivity index (χ4v) is 3.56. The molecule has 4 nitrogen and oxygen atoms in total. The predicted molar refractivity (Wildman–Crippen MR) is 105 cm³/mol. The third kappa shape index (κ3) is 5.51. The van der Waals surface area contributed by atoms with Gasteiger partial charge in [0.05, 0.1) is 5.75 Å². The Hall–Kier alpha value is -1.98. The maximum atomic E-state index is 12.0. The highest BCUT2D eigenvalue weighted by molar-refractivity contribution is 8.00. The highest BCUT2D eigenvalue weighted by atomic mass is 32.2. The Morgan fingerprint density at radius 1 is 1.00 bits per heavy atom. The number of amides is 1. The van der Waals surface area contributed by atoms with Crippen LogP contribution in [0.2, 0.25) is 0 Å². The summed E-state index contributed by atoms with van der Waals surface area (Å²) in [6.45, 7) is 4.94. The summed E-state index contributed by atoms with van der Waals surface area (Å²) >= 11 is 1.56. The largest absolute Gasteiger partial charge is 0.369 e. The van der Waals surface area contributed by atoms with Crippen molar-refractivity contribution in [3.63, 3.8) is 0 Å². The maximum Gasteiger partial charge on any atom is 0.230 e. The Morgan fingerprint density at radius 2 is 1.68 bits per heavy atom. The number of hydrogen-bond donors (Lipinski definition) is 1. The minimum Gasteiger partial charge on any atom is -0.369 e. The number of benzene rings is 2. The van der Waals surface area contributed by atoms with Crippen LogP contribution in [0, 0.1) is 0 Å². The van der Waals surface area contributed by atoms with E-state index >= 15 is 0 Å². The van der Waals surface area contributed by atoms with E-state index in [9.17, 15) is 4.79 Å². The highest BCUT2D eigenvalue weighted by Gasteiger charge is 2.13. The fourth-order valence-electron chi connectivity index (χ4n) is 2.81. The summed E-state index contributed by atoms with van der Waals surface area (Å²) in [5.74, 6) is 0.514. The van der Waals surface area contributed by atoms with Crippen LogP contribution in [0.1, 0.15) is 5.56 Å². The molecule has 1 heterocycles. The molecule has 2 aromatic carbocycles. The van der Waals surface area contributed by atoms with Gasteiger partial charge in [-0.15, -0.1) is 11.8 Å². The van der Waals surface area contributed by atoms with Gasteiger partial charge in [0.15, 0.2) is 0 Å². The zero-order valence-electron chi connectivity index (χ0n) is 14.6. The Morgan fingerprint density at radius 3 is 2.36 bits per heavy atom. The molecular weight excluding hydrogens is 330 g/mol. The molecule has 0 aliphatic carbocycles. The number of nitrogens with one attached hydrogen (secondary N) is 1. The van der Waals surface area contributed by atoms with Crippen LogP contribution >= 0.6 is 11.8 Å². The van der Waals surface area contributed by atoms with E-state index in [0.717, 1.165) is 36.6 Å². The molecule has 0 aromatic heterocycles. The van der Waals surface area contributed by atoms with Crippen molar-refractivity contribution in [1.82, 2.24) is 10.2 Å². The lowest BCUT2D eigenvalue weighted by Crippen LogP contribution is -2.44. The monoisotopic (exact) mass is 355 g/mol. The molecular formula is C20H25N3OS. The number of thioether (sulfide) groups is 1. The molecule has 0 saturated carbocycles. The van der Waals surface area contributed by atoms with E-state index in [1.807, 2.05) is 30.3 Å². The molecule has 0 bridgehead atoms. The molecule has 0 spiro atoms. The molecule has 1 saturated heterocycles. The van der Waals surface area contributed by atoms with Crippen molar-refractivity contribution in [3.8, 4) is 0 Å². The minimum absolute atomic E-state index is 0.0667. The molecule has 2 aromatic rings. The third-order valence-corrected chi connectivity index (χ3v) is 5.42. The minimum atomic E-state index is 0.0667. The van der Waals surface area contributed by atoms with Crippen molar-refractivity contribution >= 4 is 23.4 Å². The van der Waals surface area contributed by atoms with Crippen LogP contribution < -0.4 is 10.2 Å². The quantitative estimate of drug-likeness (QED) is 0.809. The van der Waals surface area contributed by atoms with Gasteiger partial charge in [0, 0.05) is 43.3 Å². The Bertz CT molecular complexity index is 667. The van der Waals surface area contributed by atoms with Gasteiger partial charge in [0.25, 0.3) is 0 Å². The standard InChI is InChI=1S/C20H25N3OS/c1-22-11-13-23(14-12-22)18-9-7-17(8-10-18)15-21-20(24)16-25-19-5-3-2-4-6-19/h2-10H,11-16H2,1H3,(H,21,24). The van der Waals surface area contributed by atoms with Crippen molar-refractivity contribution in [3.05, 3.63) is 60.2 Å². The van der Waals surface area contributed by atoms with Crippen LogP contribution in [-0.2, 0) is 11.3 Å². The van der Waals surface area contributed by atoms with Crippen LogP contribution in [0.4, 0.5) is 5.69 Å². The van der Waals surface area contributed by atoms with Crippen molar-refractivity contribution in [2.24, 2.45) is 0 Å². The third-order valence-electron chi connectivity index (χ3n) is 4.41. The maximum absolute atomic E-state index is 12.0. The lowest BCUT2D eigenvalue weighted by molar-refractivity contribution is -0.118. The van der Waals surface area contributed by atoms with Crippen LogP contribution in [-0.4, -0.2) is 49.8 Å². The first-order chi connectivity index (χ1) is 12.2. The van der Waals surface area contributed by atoms with E-state index in [0.29, 0.717) is 12.3 Å². The lowest BCUT2D eigenvalue weighted by Gasteiger charge is -2.34. The predicted octanol–water partition coefficient (Wildman–Crippen LogP) is 2.85. The number of carbonyl (C=O) groups excluding carboxylic acids is 1. The number of carbonyl (C=O) groups is 1. The zero-order chi connectivity index (χ0) is 17.5. The van der Waals surface area contributed by atoms with Crippen LogP contribution in [0.3, 0.4) is 0 Å². The molecule has 3 rings (SSSR count). The van der Waals surface area contributed by atoms with Crippen molar-refractivity contribution < 1.29 is 4.79 Å². The van der Waals surface area contributed by atoms with Gasteiger partial charge in [-0.2, -0.15) is 0 Å². The van der Waals surface area contributed by atoms with E-state index in [2.05, 4.69) is 46.4 Å². The Labute approximate surface area is 154 Å². The van der Waals surface area contributed by atoms with Crippen LogP contribution in [0.5, 0.6) is 0 Å². The SMILES string of the molecule is CN1CCN(c2ccc(CNC(=O)CSc3ccccc3)cc2)CC1. The smallest absolute Gasteiger partial charge is 0.230 e. The molecule has 132 valence electrons. The topological polar surface area (TPSA) is 35.6 Å². The second-order valence-corrected chi connectivity index (χ2v) is 7.38. The average molecular weight is 356 g/mol. The number of nitrogens with zero attached hydrogens (tertiary/aromatic N) is 2. The number of hydrogen-bond acceptors (Lipinski definition) is 4. The second-order valence-electron chi connectivity index (χ2n) is 6.34. The molecule has 1 aliphatic heterocycles. The molecule has 0 atom stereocenters. The van der Waals surface area contributed by atoms with E-state index < -0.39 is 0 Å². The highest BCUT2D eigenvalue weighted by Crippen LogP contribution is 2.18. The first-order valence-corrected chi connectivity index (χ1v) is 9.66. The molecule has 5 heteroatoms. The second kappa shape index (κ2) is 8.92. The summed E-state index contributed by atoms with van der Waals surface area (Å²) in [6.07, 6.45) is 0. The van der Waals surface area contributed by atoms with Gasteiger partial charge in [-0.3, -0.25) is 4.79 Å². The van der Waals surface area contributed by atoms with E-state index in [1.165, 1.54) is 5.69 Å². The summed E-state index contributed by atoms with van der Waals surface area (Å²) in [5.41, 5.74) is 2.40. The summed E-state index contributed by atoms with van der Waals surface area (Å²) in [4.78, 5) is 17.9. The lowest BCUT2D eigenvalue weighted by atomic mass is 10.2. The Kier molecular flexibility index (Phi) is 6.36. The fraction of sp³-hybridized carbons (Fsp3) is 0.350. The van der Waals surface area contributed by atoms with Crippen molar-refractivity contribution in [2.45, 2.75) is 11.4 Å². The van der Waals surface area contributed by atoms with Gasteiger partial charge < -0.3 is 15.1 Å². The van der Waals surface area contributed by atoms with Gasteiger partial charge in [-0.25, -0.2) is 0 Å². The van der Waals surface area contributed by atoms with E-state index in [1.54, 1.807) is 11.8 Å². The summed E-state index contributed by atoms with van der Waals surface area (Å²) in [5, 5.41) is 2.99. The van der Waals surface area contributed by atoms with Gasteiger partial charge >= 0.3 is 0 Å². The van der Waals surface area contributed by atoms with Crippen LogP contribution in [0.15, 0.2) is 59.5 Å². The van der Waals surface area contributed by atoms with Gasteiger partial charge in [0.1, 0.15) is 0 Å². The van der Waals surface area contributed by atoms with E-state index in [4.69, 9.17) is 0 Å². The molecule has 1 fully saturated rings. The summed E-state index contributed by atoms with van der Waals surface area (Å²) in [7, 11) is 2.17. The van der Waals surface area contributed by atoms with Gasteiger partial charge in [-0.1, -0.05) is 30.3 Å². The molecule has 1 N–H and O–H groups in total. The average Bonchev–Trinajstić information content (AvgIpc) is 2.67. The van der Waals surface area contributed by atoms with Crippen molar-refractivity contribution in [2.75, 3.05) is 43.9 Å². The first-order valence-electron chi connectivity index (χ1n) is 8.68. The van der Waals surface area contributed by atoms with Crippen LogP contribution in [0.25, 0.3) is 0 Å². The van der Waals surface area contributed by atoms with Gasteiger partial charge in [0.2, 0.25) is 5.91 Å². The normalized spacial score (nSPS) is 15.2. The van der Waals surface area contributed by atoms with E-state index in [-0.39, 0.29) is 5.91 Å². The molecule has 25 heavy (non-hydrogen) atoms. The number of anilines is 1. The summed E-state index contributed by atoms with van der Waals surface area (Å²) in [6, 6.07) is 18.5. The molecule has 1 aliphatic rings. The number of likely N-dealkylation sites (N-methyl/N-ethyl adjacent to an activating group) is 1. The molecule has 1 amide bonds. The van der Waals surface area contributed by atoms with Crippen molar-refractivity contribution in [1.29, 1.82) is 0 Å². The zero-order valence-corrected chi connectivity index (χ0v) is 15.5. The number of piperazine rings is 1.